The van der Waals surface area contributed by atoms with Crippen LogP contribution in [0, 0.1) is 5.82 Å². The lowest BCUT2D eigenvalue weighted by atomic mass is 10.2. The van der Waals surface area contributed by atoms with Crippen molar-refractivity contribution in [1.82, 2.24) is 10.3 Å². The number of likely N-dealkylation sites (N-methyl/N-ethyl adjacent to an activating group) is 1. The lowest BCUT2D eigenvalue weighted by Crippen LogP contribution is -2.43. The molecule has 19 heavy (non-hydrogen) atoms. The van der Waals surface area contributed by atoms with Gasteiger partial charge in [0.1, 0.15) is 23.2 Å². The third-order valence-electron chi connectivity index (χ3n) is 3.14. The number of nitrogens with one attached hydrogen (secondary N) is 1. The van der Waals surface area contributed by atoms with E-state index in [1.54, 1.807) is 4.90 Å². The van der Waals surface area contributed by atoms with E-state index in [2.05, 4.69) is 10.3 Å². The fourth-order valence-electron chi connectivity index (χ4n) is 2.28. The molecule has 1 atom stereocenters. The monoisotopic (exact) mass is 267 g/mol. The fraction of sp³-hybridized carbons (Fsp3) is 0.417. The van der Waals surface area contributed by atoms with Gasteiger partial charge in [-0.05, 0) is 18.9 Å². The Morgan fingerprint density at radius 3 is 2.95 bits per heavy atom. The number of halogens is 1. The number of hydrogen-bond donors (Lipinski definition) is 2. The van der Waals surface area contributed by atoms with E-state index in [0.29, 0.717) is 13.0 Å². The van der Waals surface area contributed by atoms with E-state index in [1.807, 2.05) is 0 Å². The minimum atomic E-state index is -1.26. The minimum Gasteiger partial charge on any atom is -0.478 e. The van der Waals surface area contributed by atoms with E-state index in [0.717, 1.165) is 18.7 Å². The maximum atomic E-state index is 13.1. The standard InChI is InChI=1S/C12H14FN3O3/c1-14-11(17)9-3-2-4-16(9)10-8(12(18)19)5-7(13)6-15-10/h5-6,9H,2-4H2,1H3,(H,14,17)(H,18,19). The average molecular weight is 267 g/mol. The minimum absolute atomic E-state index is 0.139. The number of aromatic nitrogens is 1. The Hall–Kier alpha value is -2.18. The fourth-order valence-corrected chi connectivity index (χ4v) is 2.28. The molecule has 6 nitrogen and oxygen atoms in total. The highest BCUT2D eigenvalue weighted by Gasteiger charge is 2.33. The summed E-state index contributed by atoms with van der Waals surface area (Å²) in [6.07, 6.45) is 2.34. The van der Waals surface area contributed by atoms with Crippen LogP contribution in [0.2, 0.25) is 0 Å². The highest BCUT2D eigenvalue weighted by Crippen LogP contribution is 2.27. The second-order valence-electron chi connectivity index (χ2n) is 4.30. The molecule has 1 aromatic rings. The van der Waals surface area contributed by atoms with Crippen molar-refractivity contribution in [3.05, 3.63) is 23.6 Å². The molecule has 0 aliphatic carbocycles. The predicted octanol–water partition coefficient (Wildman–Crippen LogP) is 0.634. The zero-order valence-corrected chi connectivity index (χ0v) is 10.4. The van der Waals surface area contributed by atoms with Crippen molar-refractivity contribution in [2.24, 2.45) is 0 Å². The summed E-state index contributed by atoms with van der Waals surface area (Å²) in [5, 5.41) is 11.6. The van der Waals surface area contributed by atoms with Crippen LogP contribution in [0.3, 0.4) is 0 Å². The molecule has 1 aromatic heterocycles. The first-order chi connectivity index (χ1) is 9.04. The molecule has 0 saturated carbocycles. The quantitative estimate of drug-likeness (QED) is 0.839. The van der Waals surface area contributed by atoms with Gasteiger partial charge in [-0.25, -0.2) is 14.2 Å². The molecule has 1 fully saturated rings. The van der Waals surface area contributed by atoms with Crippen molar-refractivity contribution in [2.75, 3.05) is 18.5 Å². The predicted molar refractivity (Wildman–Crippen MR) is 65.6 cm³/mol. The van der Waals surface area contributed by atoms with Crippen LogP contribution in [-0.4, -0.2) is 41.6 Å². The molecule has 1 aliphatic rings. The Labute approximate surface area is 109 Å². The molecule has 7 heteroatoms. The molecule has 102 valence electrons. The van der Waals surface area contributed by atoms with Gasteiger partial charge in [0.25, 0.3) is 0 Å². The number of amides is 1. The van der Waals surface area contributed by atoms with Gasteiger partial charge in [0.15, 0.2) is 0 Å². The number of nitrogens with zero attached hydrogens (tertiary/aromatic N) is 2. The van der Waals surface area contributed by atoms with Gasteiger partial charge in [-0.1, -0.05) is 0 Å². The lowest BCUT2D eigenvalue weighted by molar-refractivity contribution is -0.121. The summed E-state index contributed by atoms with van der Waals surface area (Å²) in [6.45, 7) is 0.525. The summed E-state index contributed by atoms with van der Waals surface area (Å²) < 4.78 is 13.1. The third kappa shape index (κ3) is 2.49. The molecule has 0 spiro atoms. The number of pyridine rings is 1. The third-order valence-corrected chi connectivity index (χ3v) is 3.14. The Morgan fingerprint density at radius 1 is 1.58 bits per heavy atom. The molecule has 2 heterocycles. The molecule has 1 saturated heterocycles. The van der Waals surface area contributed by atoms with Crippen molar-refractivity contribution in [3.8, 4) is 0 Å². The summed E-state index contributed by atoms with van der Waals surface area (Å²) in [7, 11) is 1.52. The number of anilines is 1. The number of carbonyl (C=O) groups excluding carboxylic acids is 1. The van der Waals surface area contributed by atoms with Crippen molar-refractivity contribution in [1.29, 1.82) is 0 Å². The van der Waals surface area contributed by atoms with Crippen LogP contribution >= 0.6 is 0 Å². The average Bonchev–Trinajstić information content (AvgIpc) is 2.86. The number of carboxylic acid groups (broad SMARTS) is 1. The highest BCUT2D eigenvalue weighted by molar-refractivity contribution is 5.95. The summed E-state index contributed by atoms with van der Waals surface area (Å²) in [5.41, 5.74) is -0.226. The first-order valence-corrected chi connectivity index (χ1v) is 5.91. The normalized spacial score (nSPS) is 18.4. The summed E-state index contributed by atoms with van der Waals surface area (Å²) in [5.74, 6) is -2.03. The van der Waals surface area contributed by atoms with Gasteiger partial charge < -0.3 is 15.3 Å². The Morgan fingerprint density at radius 2 is 2.32 bits per heavy atom. The maximum Gasteiger partial charge on any atom is 0.339 e. The lowest BCUT2D eigenvalue weighted by Gasteiger charge is -2.25. The summed E-state index contributed by atoms with van der Waals surface area (Å²) in [4.78, 5) is 28.3. The maximum absolute atomic E-state index is 13.1. The number of hydrogen-bond acceptors (Lipinski definition) is 4. The first-order valence-electron chi connectivity index (χ1n) is 5.91. The van der Waals surface area contributed by atoms with E-state index in [4.69, 9.17) is 5.11 Å². The number of carboxylic acids is 1. The molecule has 0 radical (unpaired) electrons. The number of aromatic carboxylic acids is 1. The molecule has 0 aromatic carbocycles. The second kappa shape index (κ2) is 5.21. The summed E-state index contributed by atoms with van der Waals surface area (Å²) in [6, 6.07) is 0.463. The van der Waals surface area contributed by atoms with Gasteiger partial charge in [0.05, 0.1) is 6.20 Å². The van der Waals surface area contributed by atoms with Gasteiger partial charge in [-0.15, -0.1) is 0 Å². The smallest absolute Gasteiger partial charge is 0.339 e. The summed E-state index contributed by atoms with van der Waals surface area (Å²) >= 11 is 0. The van der Waals surface area contributed by atoms with E-state index in [-0.39, 0.29) is 17.3 Å². The van der Waals surface area contributed by atoms with Gasteiger partial charge in [0.2, 0.25) is 5.91 Å². The van der Waals surface area contributed by atoms with Crippen LogP contribution < -0.4 is 10.2 Å². The van der Waals surface area contributed by atoms with Crippen molar-refractivity contribution < 1.29 is 19.1 Å². The van der Waals surface area contributed by atoms with Gasteiger partial charge in [-0.2, -0.15) is 0 Å². The van der Waals surface area contributed by atoms with Gasteiger partial charge >= 0.3 is 5.97 Å². The molecule has 1 aliphatic heterocycles. The van der Waals surface area contributed by atoms with E-state index in [1.165, 1.54) is 7.05 Å². The van der Waals surface area contributed by atoms with E-state index < -0.39 is 17.8 Å². The van der Waals surface area contributed by atoms with E-state index >= 15 is 0 Å². The van der Waals surface area contributed by atoms with Crippen LogP contribution in [0.5, 0.6) is 0 Å². The molecule has 0 bridgehead atoms. The van der Waals surface area contributed by atoms with Gasteiger partial charge in [0, 0.05) is 13.6 Å². The Bertz CT molecular complexity index is 521. The number of rotatable bonds is 3. The molecule has 2 N–H and O–H groups in total. The zero-order valence-electron chi connectivity index (χ0n) is 10.4. The van der Waals surface area contributed by atoms with Crippen LogP contribution in [0.1, 0.15) is 23.2 Å². The van der Waals surface area contributed by atoms with Crippen LogP contribution in [0.25, 0.3) is 0 Å². The van der Waals surface area contributed by atoms with Crippen molar-refractivity contribution in [2.45, 2.75) is 18.9 Å². The van der Waals surface area contributed by atoms with Gasteiger partial charge in [-0.3, -0.25) is 4.79 Å². The SMILES string of the molecule is CNC(=O)C1CCCN1c1ncc(F)cc1C(=O)O. The Kier molecular flexibility index (Phi) is 3.64. The zero-order chi connectivity index (χ0) is 14.0. The molecular formula is C12H14FN3O3. The van der Waals surface area contributed by atoms with Crippen molar-refractivity contribution >= 4 is 17.7 Å². The first kappa shape index (κ1) is 13.3. The van der Waals surface area contributed by atoms with Crippen LogP contribution in [-0.2, 0) is 4.79 Å². The topological polar surface area (TPSA) is 82.5 Å². The Balaban J connectivity index is 2.40. The second-order valence-corrected chi connectivity index (χ2v) is 4.30. The molecule has 1 amide bonds. The van der Waals surface area contributed by atoms with E-state index in [9.17, 15) is 14.0 Å². The molecular weight excluding hydrogens is 253 g/mol. The largest absolute Gasteiger partial charge is 0.478 e. The molecule has 2 rings (SSSR count). The van der Waals surface area contributed by atoms with Crippen LogP contribution in [0.15, 0.2) is 12.3 Å². The highest BCUT2D eigenvalue weighted by atomic mass is 19.1. The van der Waals surface area contributed by atoms with Crippen LogP contribution in [0.4, 0.5) is 10.2 Å². The molecule has 1 unspecified atom stereocenters. The number of carbonyl (C=O) groups is 2. The van der Waals surface area contributed by atoms with Crippen molar-refractivity contribution in [3.63, 3.8) is 0 Å².